The molecule has 144 valence electrons. The van der Waals surface area contributed by atoms with Gasteiger partial charge in [-0.2, -0.15) is 4.31 Å². The minimum Gasteiger partial charge on any atom is -0.339 e. The van der Waals surface area contributed by atoms with Gasteiger partial charge >= 0.3 is 0 Å². The molecule has 1 heterocycles. The van der Waals surface area contributed by atoms with E-state index < -0.39 is 16.1 Å². The average molecular weight is 381 g/mol. The molecule has 0 radical (unpaired) electrons. The number of ketones is 1. The Balaban J connectivity index is 2.04. The molecule has 0 saturated carbocycles. The summed E-state index contributed by atoms with van der Waals surface area (Å²) < 4.78 is 26.9. The summed E-state index contributed by atoms with van der Waals surface area (Å²) in [5.74, 6) is -0.148. The van der Waals surface area contributed by atoms with Gasteiger partial charge in [-0.3, -0.25) is 9.59 Å². The van der Waals surface area contributed by atoms with Crippen LogP contribution in [0.4, 0.5) is 0 Å². The van der Waals surface area contributed by atoms with Crippen LogP contribution in [0.25, 0.3) is 0 Å². The number of carbonyl (C=O) groups excluding carboxylic acids is 2. The van der Waals surface area contributed by atoms with E-state index in [2.05, 4.69) is 0 Å². The fraction of sp³-hybridized carbons (Fsp3) is 0.556. The summed E-state index contributed by atoms with van der Waals surface area (Å²) in [5, 5.41) is 0. The maximum atomic E-state index is 12.7. The van der Waals surface area contributed by atoms with Gasteiger partial charge in [-0.15, -0.1) is 0 Å². The molecule has 8 heteroatoms. The van der Waals surface area contributed by atoms with Crippen LogP contribution >= 0.6 is 0 Å². The molecule has 1 fully saturated rings. The van der Waals surface area contributed by atoms with Gasteiger partial charge in [-0.1, -0.05) is 32.4 Å². The highest BCUT2D eigenvalue weighted by atomic mass is 32.2. The quantitative estimate of drug-likeness (QED) is 0.744. The molecule has 2 N–H and O–H groups in total. The van der Waals surface area contributed by atoms with Crippen LogP contribution in [0.2, 0.25) is 0 Å². The standard InChI is InChI=1S/C18H27N3O4S/c1-4-13(2)17(19)18(23)20-9-11-21(12-10-20)26(24,25)16-7-5-15(6-8-16)14(3)22/h5-8,13,17H,4,9-12,19H2,1-3H3. The van der Waals surface area contributed by atoms with Crippen molar-refractivity contribution < 1.29 is 18.0 Å². The molecule has 7 nitrogen and oxygen atoms in total. The second kappa shape index (κ2) is 8.28. The zero-order valence-corrected chi connectivity index (χ0v) is 16.3. The molecule has 0 aromatic heterocycles. The Labute approximate surface area is 155 Å². The lowest BCUT2D eigenvalue weighted by Gasteiger charge is -2.36. The fourth-order valence-corrected chi connectivity index (χ4v) is 4.29. The van der Waals surface area contributed by atoms with Crippen LogP contribution in [0.15, 0.2) is 29.2 Å². The van der Waals surface area contributed by atoms with Crippen molar-refractivity contribution in [3.05, 3.63) is 29.8 Å². The monoisotopic (exact) mass is 381 g/mol. The number of sulfonamides is 1. The molecule has 0 aliphatic carbocycles. The number of hydrogen-bond donors (Lipinski definition) is 1. The molecule has 1 aromatic rings. The highest BCUT2D eigenvalue weighted by Crippen LogP contribution is 2.19. The molecule has 0 spiro atoms. The van der Waals surface area contributed by atoms with Gasteiger partial charge in [0.1, 0.15) is 0 Å². The molecular formula is C18H27N3O4S. The summed E-state index contributed by atoms with van der Waals surface area (Å²) in [5.41, 5.74) is 6.47. The van der Waals surface area contributed by atoms with E-state index in [1.165, 1.54) is 35.5 Å². The number of carbonyl (C=O) groups is 2. The Morgan fingerprint density at radius 1 is 1.12 bits per heavy atom. The molecule has 1 saturated heterocycles. The van der Waals surface area contributed by atoms with Crippen molar-refractivity contribution in [2.75, 3.05) is 26.2 Å². The molecule has 1 aromatic carbocycles. The molecule has 1 aliphatic heterocycles. The summed E-state index contributed by atoms with van der Waals surface area (Å²) in [7, 11) is -3.64. The van der Waals surface area contributed by atoms with Crippen molar-refractivity contribution in [1.29, 1.82) is 0 Å². The van der Waals surface area contributed by atoms with Crippen LogP contribution < -0.4 is 5.73 Å². The van der Waals surface area contributed by atoms with Crippen molar-refractivity contribution in [3.63, 3.8) is 0 Å². The van der Waals surface area contributed by atoms with Gasteiger partial charge in [0.2, 0.25) is 15.9 Å². The third-order valence-corrected chi connectivity index (χ3v) is 6.90. The first kappa shape index (κ1) is 20.5. The van der Waals surface area contributed by atoms with E-state index in [4.69, 9.17) is 5.73 Å². The molecule has 2 rings (SSSR count). The SMILES string of the molecule is CCC(C)C(N)C(=O)N1CCN(S(=O)(=O)c2ccc(C(C)=O)cc2)CC1. The van der Waals surface area contributed by atoms with Gasteiger partial charge in [0.05, 0.1) is 10.9 Å². The normalized spacial score (nSPS) is 18.4. The van der Waals surface area contributed by atoms with Gasteiger partial charge in [-0.25, -0.2) is 8.42 Å². The third-order valence-electron chi connectivity index (χ3n) is 4.99. The first-order valence-electron chi connectivity index (χ1n) is 8.84. The summed E-state index contributed by atoms with van der Waals surface area (Å²) >= 11 is 0. The van der Waals surface area contributed by atoms with Gasteiger partial charge in [0.15, 0.2) is 5.78 Å². The highest BCUT2D eigenvalue weighted by molar-refractivity contribution is 7.89. The zero-order chi connectivity index (χ0) is 19.5. The van der Waals surface area contributed by atoms with Crippen molar-refractivity contribution >= 4 is 21.7 Å². The number of piperazine rings is 1. The Morgan fingerprint density at radius 3 is 2.12 bits per heavy atom. The lowest BCUT2D eigenvalue weighted by molar-refractivity contribution is -0.134. The largest absolute Gasteiger partial charge is 0.339 e. The molecule has 1 aliphatic rings. The third kappa shape index (κ3) is 4.31. The van der Waals surface area contributed by atoms with E-state index >= 15 is 0 Å². The first-order valence-corrected chi connectivity index (χ1v) is 10.3. The van der Waals surface area contributed by atoms with Crippen molar-refractivity contribution in [2.45, 2.75) is 38.1 Å². The number of amides is 1. The van der Waals surface area contributed by atoms with E-state index in [0.717, 1.165) is 6.42 Å². The van der Waals surface area contributed by atoms with E-state index in [1.807, 2.05) is 13.8 Å². The summed E-state index contributed by atoms with van der Waals surface area (Å²) in [6.07, 6.45) is 0.817. The smallest absolute Gasteiger partial charge is 0.243 e. The predicted molar refractivity (Wildman–Crippen MR) is 99.2 cm³/mol. The number of nitrogens with zero attached hydrogens (tertiary/aromatic N) is 2. The molecule has 2 atom stereocenters. The lowest BCUT2D eigenvalue weighted by atomic mass is 9.99. The van der Waals surface area contributed by atoms with Gasteiger partial charge in [0, 0.05) is 31.7 Å². The van der Waals surface area contributed by atoms with E-state index in [1.54, 1.807) is 4.90 Å². The number of hydrogen-bond acceptors (Lipinski definition) is 5. The van der Waals surface area contributed by atoms with Gasteiger partial charge in [-0.05, 0) is 25.0 Å². The van der Waals surface area contributed by atoms with Crippen LogP contribution in [0.3, 0.4) is 0 Å². The Hall–Kier alpha value is -1.77. The highest BCUT2D eigenvalue weighted by Gasteiger charge is 2.32. The second-order valence-corrected chi connectivity index (χ2v) is 8.66. The Bertz CT molecular complexity index is 753. The molecule has 26 heavy (non-hydrogen) atoms. The van der Waals surface area contributed by atoms with Crippen molar-refractivity contribution in [2.24, 2.45) is 11.7 Å². The van der Waals surface area contributed by atoms with Crippen LogP contribution in [0.1, 0.15) is 37.6 Å². The Morgan fingerprint density at radius 2 is 1.65 bits per heavy atom. The zero-order valence-electron chi connectivity index (χ0n) is 15.5. The lowest BCUT2D eigenvalue weighted by Crippen LogP contribution is -2.55. The number of Topliss-reactive ketones (excluding diaryl/α,β-unsaturated/α-hetero) is 1. The summed E-state index contributed by atoms with van der Waals surface area (Å²) in [6, 6.07) is 5.37. The van der Waals surface area contributed by atoms with Crippen LogP contribution in [-0.2, 0) is 14.8 Å². The maximum absolute atomic E-state index is 12.7. The minimum atomic E-state index is -3.64. The van der Waals surface area contributed by atoms with Crippen LogP contribution in [0, 0.1) is 5.92 Å². The number of nitrogens with two attached hydrogens (primary N) is 1. The number of rotatable bonds is 6. The van der Waals surface area contributed by atoms with Crippen molar-refractivity contribution in [1.82, 2.24) is 9.21 Å². The van der Waals surface area contributed by atoms with E-state index in [9.17, 15) is 18.0 Å². The summed E-state index contributed by atoms with van der Waals surface area (Å²) in [4.78, 5) is 25.5. The minimum absolute atomic E-state index is 0.0871. The fourth-order valence-electron chi connectivity index (χ4n) is 2.87. The molecular weight excluding hydrogens is 354 g/mol. The molecule has 1 amide bonds. The molecule has 2 unspecified atom stereocenters. The van der Waals surface area contributed by atoms with E-state index in [-0.39, 0.29) is 35.6 Å². The average Bonchev–Trinajstić information content (AvgIpc) is 2.66. The number of benzene rings is 1. The second-order valence-electron chi connectivity index (χ2n) is 6.72. The molecule has 0 bridgehead atoms. The van der Waals surface area contributed by atoms with Crippen LogP contribution in [-0.4, -0.2) is 61.5 Å². The van der Waals surface area contributed by atoms with Gasteiger partial charge < -0.3 is 10.6 Å². The topological polar surface area (TPSA) is 101 Å². The van der Waals surface area contributed by atoms with Crippen LogP contribution in [0.5, 0.6) is 0 Å². The van der Waals surface area contributed by atoms with E-state index in [0.29, 0.717) is 18.7 Å². The maximum Gasteiger partial charge on any atom is 0.243 e. The first-order chi connectivity index (χ1) is 12.2. The predicted octanol–water partition coefficient (Wildman–Crippen LogP) is 1.10. The Kier molecular flexibility index (Phi) is 6.54. The summed E-state index contributed by atoms with van der Waals surface area (Å²) in [6.45, 7) is 6.48. The van der Waals surface area contributed by atoms with Gasteiger partial charge in [0.25, 0.3) is 0 Å². The van der Waals surface area contributed by atoms with Crippen molar-refractivity contribution in [3.8, 4) is 0 Å².